The van der Waals surface area contributed by atoms with Crippen molar-refractivity contribution >= 4 is 0 Å². The molecule has 88 valence electrons. The number of ether oxygens (including phenoxy) is 1. The molecule has 0 aromatic heterocycles. The van der Waals surface area contributed by atoms with Crippen LogP contribution in [0.1, 0.15) is 18.5 Å². The van der Waals surface area contributed by atoms with Crippen LogP contribution in [0.4, 0.5) is 0 Å². The van der Waals surface area contributed by atoms with Crippen molar-refractivity contribution in [3.8, 4) is 11.5 Å². The highest BCUT2D eigenvalue weighted by molar-refractivity contribution is 5.38. The van der Waals surface area contributed by atoms with E-state index in [4.69, 9.17) is 4.74 Å². The molecule has 0 radical (unpaired) electrons. The monoisotopic (exact) mass is 223 g/mol. The first-order chi connectivity index (χ1) is 7.66. The quantitative estimate of drug-likeness (QED) is 0.797. The molecule has 1 heterocycles. The molecule has 1 fully saturated rings. The Morgan fingerprint density at radius 2 is 1.69 bits per heavy atom. The lowest BCUT2D eigenvalue weighted by atomic mass is 10.1. The molecule has 1 aromatic carbocycles. The van der Waals surface area contributed by atoms with E-state index in [1.54, 1.807) is 12.1 Å². The van der Waals surface area contributed by atoms with Gasteiger partial charge in [-0.15, -0.1) is 0 Å². The molecular formula is C12H17NO3. The van der Waals surface area contributed by atoms with Gasteiger partial charge in [-0.05, 0) is 24.6 Å². The number of morpholine rings is 1. The smallest absolute Gasteiger partial charge is 0.119 e. The second-order valence-electron chi connectivity index (χ2n) is 4.11. The predicted octanol–water partition coefficient (Wildman–Crippen LogP) is 1.49. The molecule has 1 saturated heterocycles. The van der Waals surface area contributed by atoms with Gasteiger partial charge in [-0.1, -0.05) is 0 Å². The maximum absolute atomic E-state index is 9.44. The van der Waals surface area contributed by atoms with Gasteiger partial charge in [-0.2, -0.15) is 0 Å². The number of phenolic OH excluding ortho intramolecular Hbond substituents is 2. The maximum atomic E-state index is 9.44. The topological polar surface area (TPSA) is 52.9 Å². The number of benzene rings is 1. The van der Waals surface area contributed by atoms with Crippen LogP contribution >= 0.6 is 0 Å². The lowest BCUT2D eigenvalue weighted by Gasteiger charge is -2.32. The zero-order chi connectivity index (χ0) is 11.5. The summed E-state index contributed by atoms with van der Waals surface area (Å²) in [5, 5.41) is 18.9. The highest BCUT2D eigenvalue weighted by atomic mass is 16.5. The summed E-state index contributed by atoms with van der Waals surface area (Å²) >= 11 is 0. The zero-order valence-corrected chi connectivity index (χ0v) is 9.39. The third-order valence-electron chi connectivity index (χ3n) is 3.00. The number of hydrogen-bond acceptors (Lipinski definition) is 4. The van der Waals surface area contributed by atoms with Gasteiger partial charge in [0.15, 0.2) is 0 Å². The van der Waals surface area contributed by atoms with E-state index in [0.29, 0.717) is 0 Å². The Balaban J connectivity index is 2.15. The van der Waals surface area contributed by atoms with Crippen LogP contribution in [0.3, 0.4) is 0 Å². The summed E-state index contributed by atoms with van der Waals surface area (Å²) in [4.78, 5) is 2.28. The standard InChI is InChI=1S/C12H17NO3/c1-9(13-2-4-16-5-3-13)10-6-11(14)8-12(15)7-10/h6-9,14-15H,2-5H2,1H3. The normalized spacial score (nSPS) is 19.6. The molecule has 0 aliphatic carbocycles. The lowest BCUT2D eigenvalue weighted by molar-refractivity contribution is 0.0198. The van der Waals surface area contributed by atoms with Crippen LogP contribution < -0.4 is 0 Å². The van der Waals surface area contributed by atoms with Crippen molar-refractivity contribution in [2.24, 2.45) is 0 Å². The molecule has 4 nitrogen and oxygen atoms in total. The molecule has 1 aliphatic rings. The minimum atomic E-state index is 0.107. The number of phenols is 2. The number of hydrogen-bond donors (Lipinski definition) is 2. The van der Waals surface area contributed by atoms with E-state index in [0.717, 1.165) is 31.9 Å². The van der Waals surface area contributed by atoms with Crippen LogP contribution in [-0.2, 0) is 4.74 Å². The lowest BCUT2D eigenvalue weighted by Crippen LogP contribution is -2.37. The van der Waals surface area contributed by atoms with Crippen molar-refractivity contribution in [2.45, 2.75) is 13.0 Å². The van der Waals surface area contributed by atoms with Crippen molar-refractivity contribution in [3.63, 3.8) is 0 Å². The van der Waals surface area contributed by atoms with Crippen LogP contribution in [0.5, 0.6) is 11.5 Å². The summed E-state index contributed by atoms with van der Waals surface area (Å²) in [6.07, 6.45) is 0. The summed E-state index contributed by atoms with van der Waals surface area (Å²) in [5.74, 6) is 0.213. The molecule has 0 spiro atoms. The summed E-state index contributed by atoms with van der Waals surface area (Å²) < 4.78 is 5.29. The van der Waals surface area contributed by atoms with Crippen LogP contribution in [-0.4, -0.2) is 41.4 Å². The Morgan fingerprint density at radius 1 is 1.12 bits per heavy atom. The Bertz CT molecular complexity index is 341. The Kier molecular flexibility index (Phi) is 3.31. The van der Waals surface area contributed by atoms with Gasteiger partial charge in [0.05, 0.1) is 13.2 Å². The van der Waals surface area contributed by atoms with Crippen molar-refractivity contribution < 1.29 is 14.9 Å². The van der Waals surface area contributed by atoms with Crippen molar-refractivity contribution in [1.82, 2.24) is 4.90 Å². The minimum Gasteiger partial charge on any atom is -0.508 e. The third-order valence-corrected chi connectivity index (χ3v) is 3.00. The first-order valence-corrected chi connectivity index (χ1v) is 5.51. The zero-order valence-electron chi connectivity index (χ0n) is 9.39. The molecular weight excluding hydrogens is 206 g/mol. The predicted molar refractivity (Wildman–Crippen MR) is 60.6 cm³/mol. The van der Waals surface area contributed by atoms with Gasteiger partial charge in [0.2, 0.25) is 0 Å². The molecule has 1 aliphatic heterocycles. The van der Waals surface area contributed by atoms with Crippen LogP contribution in [0.15, 0.2) is 18.2 Å². The number of rotatable bonds is 2. The van der Waals surface area contributed by atoms with E-state index in [2.05, 4.69) is 11.8 Å². The Hall–Kier alpha value is -1.26. The molecule has 4 heteroatoms. The molecule has 2 rings (SSSR count). The molecule has 0 bridgehead atoms. The molecule has 1 unspecified atom stereocenters. The van der Waals surface area contributed by atoms with Gasteiger partial charge in [0.1, 0.15) is 11.5 Å². The summed E-state index contributed by atoms with van der Waals surface area (Å²) in [6, 6.07) is 4.91. The third kappa shape index (κ3) is 2.46. The average molecular weight is 223 g/mol. The van der Waals surface area contributed by atoms with Gasteiger partial charge < -0.3 is 14.9 Å². The average Bonchev–Trinajstić information content (AvgIpc) is 2.28. The molecule has 16 heavy (non-hydrogen) atoms. The maximum Gasteiger partial charge on any atom is 0.119 e. The summed E-state index contributed by atoms with van der Waals surface area (Å²) in [7, 11) is 0. The Labute approximate surface area is 95.1 Å². The SMILES string of the molecule is CC(c1cc(O)cc(O)c1)N1CCOCC1. The molecule has 0 saturated carbocycles. The summed E-state index contributed by atoms with van der Waals surface area (Å²) in [5.41, 5.74) is 0.930. The number of aromatic hydroxyl groups is 2. The largest absolute Gasteiger partial charge is 0.508 e. The van der Waals surface area contributed by atoms with E-state index in [1.165, 1.54) is 6.07 Å². The van der Waals surface area contributed by atoms with Crippen LogP contribution in [0.2, 0.25) is 0 Å². The van der Waals surface area contributed by atoms with E-state index in [9.17, 15) is 10.2 Å². The second-order valence-corrected chi connectivity index (χ2v) is 4.11. The first kappa shape index (κ1) is 11.2. The van der Waals surface area contributed by atoms with E-state index in [-0.39, 0.29) is 17.5 Å². The summed E-state index contributed by atoms with van der Waals surface area (Å²) in [6.45, 7) is 5.33. The Morgan fingerprint density at radius 3 is 2.25 bits per heavy atom. The van der Waals surface area contributed by atoms with Gasteiger partial charge in [0.25, 0.3) is 0 Å². The first-order valence-electron chi connectivity index (χ1n) is 5.51. The van der Waals surface area contributed by atoms with Crippen molar-refractivity contribution in [3.05, 3.63) is 23.8 Å². The number of nitrogens with zero attached hydrogens (tertiary/aromatic N) is 1. The van der Waals surface area contributed by atoms with E-state index < -0.39 is 0 Å². The molecule has 2 N–H and O–H groups in total. The van der Waals surface area contributed by atoms with Gasteiger partial charge in [-0.3, -0.25) is 4.90 Å². The van der Waals surface area contributed by atoms with Crippen LogP contribution in [0.25, 0.3) is 0 Å². The van der Waals surface area contributed by atoms with E-state index >= 15 is 0 Å². The fourth-order valence-electron chi connectivity index (χ4n) is 2.03. The molecule has 1 atom stereocenters. The molecule has 1 aromatic rings. The molecule has 0 amide bonds. The van der Waals surface area contributed by atoms with Gasteiger partial charge in [0, 0.05) is 25.2 Å². The van der Waals surface area contributed by atoms with Gasteiger partial charge in [-0.25, -0.2) is 0 Å². The second kappa shape index (κ2) is 4.72. The fourth-order valence-corrected chi connectivity index (χ4v) is 2.03. The van der Waals surface area contributed by atoms with E-state index in [1.807, 2.05) is 0 Å². The van der Waals surface area contributed by atoms with Crippen molar-refractivity contribution in [2.75, 3.05) is 26.3 Å². The van der Waals surface area contributed by atoms with Gasteiger partial charge >= 0.3 is 0 Å². The van der Waals surface area contributed by atoms with Crippen LogP contribution in [0, 0.1) is 0 Å². The minimum absolute atomic E-state index is 0.107. The fraction of sp³-hybridized carbons (Fsp3) is 0.500. The highest BCUT2D eigenvalue weighted by Gasteiger charge is 2.19. The van der Waals surface area contributed by atoms with Crippen molar-refractivity contribution in [1.29, 1.82) is 0 Å². The highest BCUT2D eigenvalue weighted by Crippen LogP contribution is 2.28.